The first-order valence-corrected chi connectivity index (χ1v) is 6.33. The van der Waals surface area contributed by atoms with Crippen molar-refractivity contribution in [2.75, 3.05) is 5.32 Å². The first-order chi connectivity index (χ1) is 8.36. The van der Waals surface area contributed by atoms with Crippen molar-refractivity contribution in [3.8, 4) is 0 Å². The van der Waals surface area contributed by atoms with Crippen LogP contribution in [0, 0.1) is 17.0 Å². The average Bonchev–Trinajstić information content (AvgIpc) is 3.06. The number of amides is 1. The number of carbonyl (C=O) groups is 1. The van der Waals surface area contributed by atoms with Crippen LogP contribution in [0.2, 0.25) is 0 Å². The number of nitrogens with two attached hydrogens (primary N) is 1. The van der Waals surface area contributed by atoms with Gasteiger partial charge in [0.1, 0.15) is 11.6 Å². The van der Waals surface area contributed by atoms with Crippen molar-refractivity contribution < 1.29 is 13.6 Å². The Bertz CT molecular complexity index is 546. The van der Waals surface area contributed by atoms with Crippen molar-refractivity contribution in [2.45, 2.75) is 12.8 Å². The van der Waals surface area contributed by atoms with E-state index in [4.69, 9.17) is 18.0 Å². The van der Waals surface area contributed by atoms with Gasteiger partial charge >= 0.3 is 0 Å². The van der Waals surface area contributed by atoms with E-state index in [1.807, 2.05) is 0 Å². The number of anilines is 1. The van der Waals surface area contributed by atoms with Gasteiger partial charge in [0.15, 0.2) is 0 Å². The van der Waals surface area contributed by atoms with Crippen LogP contribution in [0.4, 0.5) is 14.5 Å². The second kappa shape index (κ2) is 4.55. The van der Waals surface area contributed by atoms with E-state index < -0.39 is 23.0 Å². The fraction of sp³-hybridized carbons (Fsp3) is 0.273. The Balaban J connectivity index is 2.23. The number of rotatable bonds is 3. The molecule has 0 aliphatic heterocycles. The molecule has 0 aromatic heterocycles. The molecule has 0 saturated heterocycles. The fourth-order valence-electron chi connectivity index (χ4n) is 1.57. The molecule has 1 aromatic carbocycles. The molecule has 96 valence electrons. The van der Waals surface area contributed by atoms with Gasteiger partial charge in [0, 0.05) is 6.07 Å². The van der Waals surface area contributed by atoms with Gasteiger partial charge in [0.2, 0.25) is 5.91 Å². The third kappa shape index (κ3) is 2.24. The van der Waals surface area contributed by atoms with E-state index in [2.05, 4.69) is 21.2 Å². The summed E-state index contributed by atoms with van der Waals surface area (Å²) in [6, 6.07) is 1.86. The maximum Gasteiger partial charge on any atom is 0.237 e. The Morgan fingerprint density at radius 3 is 2.50 bits per heavy atom. The van der Waals surface area contributed by atoms with Crippen molar-refractivity contribution in [1.29, 1.82) is 0 Å². The predicted octanol–water partition coefficient (Wildman–Crippen LogP) is 2.73. The topological polar surface area (TPSA) is 55.1 Å². The van der Waals surface area contributed by atoms with Crippen molar-refractivity contribution in [3.05, 3.63) is 28.2 Å². The molecule has 0 atom stereocenters. The van der Waals surface area contributed by atoms with Gasteiger partial charge in [0.05, 0.1) is 20.6 Å². The van der Waals surface area contributed by atoms with E-state index in [0.29, 0.717) is 12.8 Å². The number of hydrogen-bond acceptors (Lipinski definition) is 2. The fourth-order valence-corrected chi connectivity index (χ4v) is 2.18. The molecular weight excluding hydrogens is 326 g/mol. The van der Waals surface area contributed by atoms with Gasteiger partial charge in [-0.15, -0.1) is 0 Å². The van der Waals surface area contributed by atoms with Gasteiger partial charge in [-0.1, -0.05) is 12.2 Å². The number of hydrogen-bond donors (Lipinski definition) is 2. The molecule has 3 nitrogen and oxygen atoms in total. The Morgan fingerprint density at radius 1 is 1.39 bits per heavy atom. The SMILES string of the molecule is NC(=S)C1(C(=O)Nc2cc(F)c(Br)cc2F)CC1. The molecule has 1 fully saturated rings. The summed E-state index contributed by atoms with van der Waals surface area (Å²) < 4.78 is 26.8. The van der Waals surface area contributed by atoms with Crippen molar-refractivity contribution in [3.63, 3.8) is 0 Å². The lowest BCUT2D eigenvalue weighted by Crippen LogP contribution is -2.35. The van der Waals surface area contributed by atoms with Crippen LogP contribution in [-0.2, 0) is 4.79 Å². The summed E-state index contributed by atoms with van der Waals surface area (Å²) in [5, 5.41) is 2.32. The van der Waals surface area contributed by atoms with E-state index in [1.165, 1.54) is 0 Å². The number of benzene rings is 1. The number of halogens is 3. The van der Waals surface area contributed by atoms with Gasteiger partial charge in [-0.25, -0.2) is 8.78 Å². The van der Waals surface area contributed by atoms with Crippen LogP contribution >= 0.6 is 28.1 Å². The number of thiocarbonyl (C=S) groups is 1. The summed E-state index contributed by atoms with van der Waals surface area (Å²) >= 11 is 7.66. The van der Waals surface area contributed by atoms with Crippen LogP contribution in [0.1, 0.15) is 12.8 Å². The van der Waals surface area contributed by atoms with Crippen LogP contribution in [0.3, 0.4) is 0 Å². The van der Waals surface area contributed by atoms with Gasteiger partial charge in [0.25, 0.3) is 0 Å². The molecule has 0 spiro atoms. The van der Waals surface area contributed by atoms with Crippen LogP contribution in [0.15, 0.2) is 16.6 Å². The van der Waals surface area contributed by atoms with E-state index in [1.54, 1.807) is 0 Å². The molecular formula is C11H9BrF2N2OS. The first-order valence-electron chi connectivity index (χ1n) is 5.13. The van der Waals surface area contributed by atoms with E-state index in [9.17, 15) is 13.6 Å². The van der Waals surface area contributed by atoms with Gasteiger partial charge in [-0.2, -0.15) is 0 Å². The van der Waals surface area contributed by atoms with Crippen LogP contribution < -0.4 is 11.1 Å². The first kappa shape index (κ1) is 13.4. The molecule has 0 unspecified atom stereocenters. The summed E-state index contributed by atoms with van der Waals surface area (Å²) in [7, 11) is 0. The smallest absolute Gasteiger partial charge is 0.237 e. The molecule has 0 bridgehead atoms. The molecule has 1 amide bonds. The minimum absolute atomic E-state index is 0.00604. The third-order valence-corrected chi connectivity index (χ3v) is 3.91. The maximum absolute atomic E-state index is 13.5. The highest BCUT2D eigenvalue weighted by Gasteiger charge is 2.52. The monoisotopic (exact) mass is 334 g/mol. The van der Waals surface area contributed by atoms with Crippen molar-refractivity contribution in [2.24, 2.45) is 11.1 Å². The second-order valence-electron chi connectivity index (χ2n) is 4.15. The molecule has 18 heavy (non-hydrogen) atoms. The molecule has 1 aliphatic rings. The van der Waals surface area contributed by atoms with Gasteiger partial charge < -0.3 is 11.1 Å². The van der Waals surface area contributed by atoms with Gasteiger partial charge in [-0.05, 0) is 34.8 Å². The zero-order valence-corrected chi connectivity index (χ0v) is 11.5. The largest absolute Gasteiger partial charge is 0.392 e. The highest BCUT2D eigenvalue weighted by molar-refractivity contribution is 9.10. The van der Waals surface area contributed by atoms with Crippen LogP contribution in [0.25, 0.3) is 0 Å². The van der Waals surface area contributed by atoms with E-state index in [0.717, 1.165) is 12.1 Å². The summed E-state index contributed by atoms with van der Waals surface area (Å²) in [6.45, 7) is 0. The molecule has 0 radical (unpaired) electrons. The molecule has 7 heteroatoms. The molecule has 1 aromatic rings. The van der Waals surface area contributed by atoms with Crippen LogP contribution in [0.5, 0.6) is 0 Å². The maximum atomic E-state index is 13.5. The lowest BCUT2D eigenvalue weighted by atomic mass is 10.1. The Morgan fingerprint density at radius 2 is 2.00 bits per heavy atom. The average molecular weight is 335 g/mol. The highest BCUT2D eigenvalue weighted by atomic mass is 79.9. The zero-order valence-electron chi connectivity index (χ0n) is 9.10. The second-order valence-corrected chi connectivity index (χ2v) is 5.44. The lowest BCUT2D eigenvalue weighted by Gasteiger charge is -2.14. The summed E-state index contributed by atoms with van der Waals surface area (Å²) in [6.07, 6.45) is 1.07. The molecule has 1 saturated carbocycles. The molecule has 0 heterocycles. The van der Waals surface area contributed by atoms with Crippen LogP contribution in [-0.4, -0.2) is 10.9 Å². The molecule has 2 rings (SSSR count). The lowest BCUT2D eigenvalue weighted by molar-refractivity contribution is -0.118. The summed E-state index contributed by atoms with van der Waals surface area (Å²) in [4.78, 5) is 12.0. The Hall–Kier alpha value is -1.08. The quantitative estimate of drug-likeness (QED) is 0.660. The number of carbonyl (C=O) groups excluding carboxylic acids is 1. The predicted molar refractivity (Wildman–Crippen MR) is 71.1 cm³/mol. The molecule has 1 aliphatic carbocycles. The summed E-state index contributed by atoms with van der Waals surface area (Å²) in [5.41, 5.74) is 4.36. The normalized spacial score (nSPS) is 16.2. The zero-order chi connectivity index (χ0) is 13.5. The minimum Gasteiger partial charge on any atom is -0.392 e. The Kier molecular flexibility index (Phi) is 3.37. The molecule has 3 N–H and O–H groups in total. The van der Waals surface area contributed by atoms with E-state index >= 15 is 0 Å². The van der Waals surface area contributed by atoms with Crippen molar-refractivity contribution >= 4 is 44.7 Å². The standard InChI is InChI=1S/C11H9BrF2N2OS/c12-5-3-7(14)8(4-6(5)13)16-10(17)11(1-2-11)9(15)18/h3-4H,1-2H2,(H2,15,18)(H,16,17). The van der Waals surface area contributed by atoms with Gasteiger partial charge in [-0.3, -0.25) is 4.79 Å². The highest BCUT2D eigenvalue weighted by Crippen LogP contribution is 2.47. The minimum atomic E-state index is -0.897. The van der Waals surface area contributed by atoms with E-state index in [-0.39, 0.29) is 15.1 Å². The Labute approximate surface area is 116 Å². The van der Waals surface area contributed by atoms with Crippen molar-refractivity contribution in [1.82, 2.24) is 0 Å². The third-order valence-electron chi connectivity index (χ3n) is 2.91. The summed E-state index contributed by atoms with van der Waals surface area (Å²) in [5.74, 6) is -1.88. The number of nitrogens with one attached hydrogen (secondary N) is 1.